The minimum absolute atomic E-state index is 0.222. The maximum absolute atomic E-state index is 11.3. The van der Waals surface area contributed by atoms with Crippen molar-refractivity contribution in [1.29, 1.82) is 0 Å². The fourth-order valence-electron chi connectivity index (χ4n) is 3.21. The molecule has 0 bridgehead atoms. The van der Waals surface area contributed by atoms with Crippen molar-refractivity contribution in [2.24, 2.45) is 0 Å². The third kappa shape index (κ3) is 6.52. The number of nitrogens with one attached hydrogen (secondary N) is 2. The van der Waals surface area contributed by atoms with Gasteiger partial charge in [0.25, 0.3) is 0 Å². The van der Waals surface area contributed by atoms with Gasteiger partial charge in [0.1, 0.15) is 18.5 Å². The Bertz CT molecular complexity index is 778. The summed E-state index contributed by atoms with van der Waals surface area (Å²) in [6, 6.07) is 14.7. The molecule has 1 fully saturated rings. The molecule has 2 aromatic carbocycles. The van der Waals surface area contributed by atoms with Crippen LogP contribution in [0.15, 0.2) is 48.5 Å². The van der Waals surface area contributed by atoms with Gasteiger partial charge >= 0.3 is 6.03 Å². The molecule has 7 nitrogen and oxygen atoms in total. The molecule has 0 saturated carbocycles. The molecule has 0 radical (unpaired) electrons. The van der Waals surface area contributed by atoms with Crippen LogP contribution in [0.3, 0.4) is 0 Å². The topological polar surface area (TPSA) is 77.1 Å². The fraction of sp³-hybridized carbons (Fsp3) is 0.381. The van der Waals surface area contributed by atoms with Gasteiger partial charge in [0, 0.05) is 56.2 Å². The lowest BCUT2D eigenvalue weighted by Gasteiger charge is -2.36. The number of hydrogen-bond acceptors (Lipinski definition) is 5. The Kier molecular flexibility index (Phi) is 7.57. The van der Waals surface area contributed by atoms with Gasteiger partial charge in [0.05, 0.1) is 0 Å². The Morgan fingerprint density at radius 1 is 1.10 bits per heavy atom. The minimum Gasteiger partial charge on any atom is -0.491 e. The van der Waals surface area contributed by atoms with E-state index in [1.165, 1.54) is 5.69 Å². The van der Waals surface area contributed by atoms with Crippen molar-refractivity contribution in [2.75, 3.05) is 56.6 Å². The highest BCUT2D eigenvalue weighted by molar-refractivity contribution is 6.30. The largest absolute Gasteiger partial charge is 0.491 e. The molecule has 2 amide bonds. The molecular formula is C21H27ClN4O3. The van der Waals surface area contributed by atoms with Crippen LogP contribution < -0.4 is 20.3 Å². The average molecular weight is 419 g/mol. The molecule has 1 atom stereocenters. The molecule has 1 aliphatic rings. The van der Waals surface area contributed by atoms with E-state index in [1.54, 1.807) is 31.3 Å². The van der Waals surface area contributed by atoms with Crippen molar-refractivity contribution in [1.82, 2.24) is 10.2 Å². The Morgan fingerprint density at radius 2 is 1.76 bits per heavy atom. The number of amides is 2. The third-order valence-corrected chi connectivity index (χ3v) is 5.07. The average Bonchev–Trinajstić information content (AvgIpc) is 2.74. The number of carbonyl (C=O) groups is 1. The Balaban J connectivity index is 1.38. The van der Waals surface area contributed by atoms with Gasteiger partial charge in [-0.05, 0) is 48.5 Å². The summed E-state index contributed by atoms with van der Waals surface area (Å²) >= 11 is 5.95. The van der Waals surface area contributed by atoms with Crippen LogP contribution in [0.1, 0.15) is 0 Å². The number of carbonyl (C=O) groups excluding carboxylic acids is 1. The van der Waals surface area contributed by atoms with Crippen LogP contribution in [0.25, 0.3) is 0 Å². The monoisotopic (exact) mass is 418 g/mol. The van der Waals surface area contributed by atoms with Gasteiger partial charge in [-0.2, -0.15) is 0 Å². The first-order valence-corrected chi connectivity index (χ1v) is 10.0. The zero-order valence-electron chi connectivity index (χ0n) is 16.5. The van der Waals surface area contributed by atoms with Gasteiger partial charge in [-0.1, -0.05) is 11.6 Å². The smallest absolute Gasteiger partial charge is 0.318 e. The fourth-order valence-corrected chi connectivity index (χ4v) is 3.34. The molecule has 1 saturated heterocycles. The SMILES string of the molecule is CNC(=O)Nc1ccc(OC[C@@H](O)CN2CCN(c3ccc(Cl)cc3)CC2)cc1. The molecule has 0 aliphatic carbocycles. The molecule has 3 rings (SSSR count). The van der Waals surface area contributed by atoms with E-state index in [0.717, 1.165) is 31.2 Å². The van der Waals surface area contributed by atoms with E-state index in [-0.39, 0.29) is 12.6 Å². The molecule has 3 N–H and O–H groups in total. The summed E-state index contributed by atoms with van der Waals surface area (Å²) in [4.78, 5) is 15.9. The molecule has 156 valence electrons. The van der Waals surface area contributed by atoms with E-state index in [2.05, 4.69) is 20.4 Å². The van der Waals surface area contributed by atoms with Crippen LogP contribution in [-0.4, -0.2) is 68.5 Å². The highest BCUT2D eigenvalue weighted by atomic mass is 35.5. The summed E-state index contributed by atoms with van der Waals surface area (Å²) in [7, 11) is 1.56. The minimum atomic E-state index is -0.569. The maximum Gasteiger partial charge on any atom is 0.318 e. The van der Waals surface area contributed by atoms with Crippen molar-refractivity contribution in [3.63, 3.8) is 0 Å². The van der Waals surface area contributed by atoms with E-state index in [1.807, 2.05) is 24.3 Å². The second kappa shape index (κ2) is 10.3. The number of β-amino-alcohol motifs (C(OH)–C–C–N with tert-alkyl or cyclic N) is 1. The Labute approximate surface area is 176 Å². The molecule has 1 aliphatic heterocycles. The van der Waals surface area contributed by atoms with Gasteiger partial charge < -0.3 is 25.4 Å². The second-order valence-electron chi connectivity index (χ2n) is 6.96. The van der Waals surface area contributed by atoms with Gasteiger partial charge in [0.15, 0.2) is 0 Å². The summed E-state index contributed by atoms with van der Waals surface area (Å²) in [5.41, 5.74) is 1.85. The molecule has 0 unspecified atom stereocenters. The zero-order chi connectivity index (χ0) is 20.6. The van der Waals surface area contributed by atoms with Crippen LogP contribution in [0.4, 0.5) is 16.2 Å². The maximum atomic E-state index is 11.3. The predicted molar refractivity (Wildman–Crippen MR) is 116 cm³/mol. The number of rotatable bonds is 7. The van der Waals surface area contributed by atoms with Crippen LogP contribution >= 0.6 is 11.6 Å². The van der Waals surface area contributed by atoms with E-state index in [4.69, 9.17) is 16.3 Å². The molecule has 1 heterocycles. The first-order chi connectivity index (χ1) is 14.0. The van der Waals surface area contributed by atoms with Gasteiger partial charge in [-0.15, -0.1) is 0 Å². The number of aliphatic hydroxyl groups is 1. The summed E-state index contributed by atoms with van der Waals surface area (Å²) in [5.74, 6) is 0.652. The van der Waals surface area contributed by atoms with Crippen LogP contribution in [-0.2, 0) is 0 Å². The van der Waals surface area contributed by atoms with Crippen molar-refractivity contribution in [2.45, 2.75) is 6.10 Å². The van der Waals surface area contributed by atoms with Crippen LogP contribution in [0.2, 0.25) is 5.02 Å². The lowest BCUT2D eigenvalue weighted by atomic mass is 10.2. The molecule has 8 heteroatoms. The number of aliphatic hydroxyl groups excluding tert-OH is 1. The molecule has 0 spiro atoms. The van der Waals surface area contributed by atoms with Crippen molar-refractivity contribution < 1.29 is 14.6 Å². The summed E-state index contributed by atoms with van der Waals surface area (Å²) in [6.07, 6.45) is -0.569. The number of nitrogens with zero attached hydrogens (tertiary/aromatic N) is 2. The predicted octanol–water partition coefficient (Wildman–Crippen LogP) is 2.65. The standard InChI is InChI=1S/C21H27ClN4O3/c1-23-21(28)24-17-4-8-20(9-5-17)29-15-19(27)14-25-10-12-26(13-11-25)18-6-2-16(22)3-7-18/h2-9,19,27H,10-15H2,1H3,(H2,23,24,28)/t19-/m0/s1. The lowest BCUT2D eigenvalue weighted by molar-refractivity contribution is 0.0663. The summed E-state index contributed by atoms with van der Waals surface area (Å²) in [6.45, 7) is 4.40. The number of urea groups is 1. The Hall–Kier alpha value is -2.48. The Morgan fingerprint density at radius 3 is 2.38 bits per heavy atom. The highest BCUT2D eigenvalue weighted by Gasteiger charge is 2.19. The molecule has 2 aromatic rings. The van der Waals surface area contributed by atoms with Gasteiger partial charge in [0.2, 0.25) is 0 Å². The van der Waals surface area contributed by atoms with Gasteiger partial charge in [-0.3, -0.25) is 4.90 Å². The number of hydrogen-bond donors (Lipinski definition) is 3. The normalized spacial score (nSPS) is 15.6. The lowest BCUT2D eigenvalue weighted by Crippen LogP contribution is -2.49. The number of piperazine rings is 1. The van der Waals surface area contributed by atoms with Crippen LogP contribution in [0, 0.1) is 0 Å². The van der Waals surface area contributed by atoms with Crippen molar-refractivity contribution in [3.05, 3.63) is 53.6 Å². The van der Waals surface area contributed by atoms with E-state index < -0.39 is 6.10 Å². The molecular weight excluding hydrogens is 392 g/mol. The van der Waals surface area contributed by atoms with E-state index >= 15 is 0 Å². The molecule has 29 heavy (non-hydrogen) atoms. The number of anilines is 2. The number of ether oxygens (including phenoxy) is 1. The van der Waals surface area contributed by atoms with E-state index in [9.17, 15) is 9.90 Å². The third-order valence-electron chi connectivity index (χ3n) is 4.81. The van der Waals surface area contributed by atoms with Crippen molar-refractivity contribution in [3.8, 4) is 5.75 Å². The number of benzene rings is 2. The highest BCUT2D eigenvalue weighted by Crippen LogP contribution is 2.20. The number of halogens is 1. The first-order valence-electron chi connectivity index (χ1n) is 9.66. The quantitative estimate of drug-likeness (QED) is 0.644. The second-order valence-corrected chi connectivity index (χ2v) is 7.39. The summed E-state index contributed by atoms with van der Waals surface area (Å²) < 4.78 is 5.67. The van der Waals surface area contributed by atoms with Crippen molar-refractivity contribution >= 4 is 29.0 Å². The van der Waals surface area contributed by atoms with Gasteiger partial charge in [-0.25, -0.2) is 4.79 Å². The van der Waals surface area contributed by atoms with Crippen LogP contribution in [0.5, 0.6) is 5.75 Å². The molecule has 0 aromatic heterocycles. The zero-order valence-corrected chi connectivity index (χ0v) is 17.2. The van der Waals surface area contributed by atoms with E-state index in [0.29, 0.717) is 18.0 Å². The summed E-state index contributed by atoms with van der Waals surface area (Å²) in [5, 5.41) is 16.2. The first kappa shape index (κ1) is 21.2.